The summed E-state index contributed by atoms with van der Waals surface area (Å²) in [5.74, 6) is 0.240. The molecular weight excluding hydrogens is 326 g/mol. The Bertz CT molecular complexity index is 821. The molecule has 0 amide bonds. The maximum Gasteiger partial charge on any atom is 0.328 e. The van der Waals surface area contributed by atoms with Crippen LogP contribution in [0, 0.1) is 0 Å². The number of carbonyl (C=O) groups excluding carboxylic acids is 1. The highest BCUT2D eigenvalue weighted by Crippen LogP contribution is 2.17. The third kappa shape index (κ3) is 4.66. The number of nitrogens with zero attached hydrogens (tertiary/aromatic N) is 2. The van der Waals surface area contributed by atoms with Crippen molar-refractivity contribution in [3.63, 3.8) is 0 Å². The summed E-state index contributed by atoms with van der Waals surface area (Å²) in [6.45, 7) is 2.14. The Balaban J connectivity index is 1.74. The van der Waals surface area contributed by atoms with Gasteiger partial charge in [0.2, 0.25) is 0 Å². The predicted molar refractivity (Wildman–Crippen MR) is 102 cm³/mol. The maximum atomic E-state index is 12.3. The number of anilines is 1. The number of ether oxygens (including phenoxy) is 1. The van der Waals surface area contributed by atoms with Crippen LogP contribution in [0.5, 0.6) is 0 Å². The Morgan fingerprint density at radius 3 is 2.27 bits per heavy atom. The number of aromatic nitrogens is 2. The molecule has 2 aromatic carbocycles. The van der Waals surface area contributed by atoms with Gasteiger partial charge < -0.3 is 10.1 Å². The first-order valence-electron chi connectivity index (χ1n) is 8.62. The van der Waals surface area contributed by atoms with Crippen molar-refractivity contribution >= 4 is 11.8 Å². The van der Waals surface area contributed by atoms with Gasteiger partial charge in [0, 0.05) is 12.0 Å². The zero-order chi connectivity index (χ0) is 18.2. The molecule has 0 radical (unpaired) electrons. The molecule has 1 heterocycles. The summed E-state index contributed by atoms with van der Waals surface area (Å²) in [5, 5.41) is 11.6. The fourth-order valence-corrected chi connectivity index (χ4v) is 2.64. The summed E-state index contributed by atoms with van der Waals surface area (Å²) in [6, 6.07) is 22.8. The summed E-state index contributed by atoms with van der Waals surface area (Å²) < 4.78 is 5.19. The Kier molecular flexibility index (Phi) is 5.93. The number of carbonyl (C=O) groups is 1. The van der Waals surface area contributed by atoms with Gasteiger partial charge in [0.1, 0.15) is 11.9 Å². The van der Waals surface area contributed by atoms with Gasteiger partial charge in [-0.2, -0.15) is 0 Å². The van der Waals surface area contributed by atoms with Crippen molar-refractivity contribution in [3.05, 3.63) is 78.4 Å². The molecule has 1 atom stereocenters. The molecule has 0 aliphatic rings. The molecule has 0 bridgehead atoms. The monoisotopic (exact) mass is 347 g/mol. The third-order valence-corrected chi connectivity index (χ3v) is 3.91. The lowest BCUT2D eigenvalue weighted by molar-refractivity contribution is -0.144. The summed E-state index contributed by atoms with van der Waals surface area (Å²) in [5.41, 5.74) is 2.83. The molecule has 5 heteroatoms. The van der Waals surface area contributed by atoms with Crippen molar-refractivity contribution in [1.82, 2.24) is 10.2 Å². The molecule has 3 rings (SSSR count). The number of benzene rings is 2. The van der Waals surface area contributed by atoms with Crippen LogP contribution in [0.1, 0.15) is 12.5 Å². The van der Waals surface area contributed by atoms with Crippen LogP contribution in [0.2, 0.25) is 0 Å². The summed E-state index contributed by atoms with van der Waals surface area (Å²) >= 11 is 0. The van der Waals surface area contributed by atoms with E-state index >= 15 is 0 Å². The number of hydrogen-bond acceptors (Lipinski definition) is 5. The van der Waals surface area contributed by atoms with E-state index in [4.69, 9.17) is 4.74 Å². The van der Waals surface area contributed by atoms with Gasteiger partial charge in [0.25, 0.3) is 0 Å². The van der Waals surface area contributed by atoms with Gasteiger partial charge in [0.15, 0.2) is 0 Å². The first kappa shape index (κ1) is 17.6. The molecule has 0 aliphatic heterocycles. The van der Waals surface area contributed by atoms with E-state index in [1.807, 2.05) is 72.8 Å². The van der Waals surface area contributed by atoms with Gasteiger partial charge in [0.05, 0.1) is 12.3 Å². The quantitative estimate of drug-likeness (QED) is 0.660. The lowest BCUT2D eigenvalue weighted by Gasteiger charge is -2.17. The average Bonchev–Trinajstić information content (AvgIpc) is 2.70. The molecular formula is C21H21N3O2. The summed E-state index contributed by atoms with van der Waals surface area (Å²) in [7, 11) is 0. The van der Waals surface area contributed by atoms with E-state index < -0.39 is 6.04 Å². The van der Waals surface area contributed by atoms with Crippen molar-refractivity contribution in [1.29, 1.82) is 0 Å². The zero-order valence-electron chi connectivity index (χ0n) is 14.6. The van der Waals surface area contributed by atoms with Gasteiger partial charge >= 0.3 is 5.97 Å². The molecule has 1 N–H and O–H groups in total. The van der Waals surface area contributed by atoms with Crippen molar-refractivity contribution < 1.29 is 9.53 Å². The predicted octanol–water partition coefficient (Wildman–Crippen LogP) is 3.73. The van der Waals surface area contributed by atoms with E-state index in [-0.39, 0.29) is 5.97 Å². The van der Waals surface area contributed by atoms with Crippen LogP contribution >= 0.6 is 0 Å². The molecule has 132 valence electrons. The number of nitrogens with one attached hydrogen (secondary N) is 1. The molecule has 26 heavy (non-hydrogen) atoms. The highest BCUT2D eigenvalue weighted by molar-refractivity contribution is 5.79. The molecule has 5 nitrogen and oxygen atoms in total. The largest absolute Gasteiger partial charge is 0.464 e. The second-order valence-electron chi connectivity index (χ2n) is 5.81. The van der Waals surface area contributed by atoms with Crippen molar-refractivity contribution in [2.24, 2.45) is 0 Å². The average molecular weight is 347 g/mol. The van der Waals surface area contributed by atoms with Crippen LogP contribution in [0.25, 0.3) is 11.3 Å². The van der Waals surface area contributed by atoms with Crippen LogP contribution in [0.15, 0.2) is 72.8 Å². The molecule has 0 spiro atoms. The van der Waals surface area contributed by atoms with E-state index in [0.717, 1.165) is 16.8 Å². The molecule has 0 aliphatic carbocycles. The van der Waals surface area contributed by atoms with E-state index in [2.05, 4.69) is 15.5 Å². The second-order valence-corrected chi connectivity index (χ2v) is 5.81. The minimum atomic E-state index is -0.519. The fraction of sp³-hybridized carbons (Fsp3) is 0.190. The first-order valence-corrected chi connectivity index (χ1v) is 8.62. The van der Waals surface area contributed by atoms with Crippen LogP contribution < -0.4 is 5.32 Å². The summed E-state index contributed by atoms with van der Waals surface area (Å²) in [6.07, 6.45) is 0.516. The topological polar surface area (TPSA) is 64.1 Å². The minimum Gasteiger partial charge on any atom is -0.464 e. The van der Waals surface area contributed by atoms with Crippen LogP contribution in [-0.2, 0) is 16.0 Å². The van der Waals surface area contributed by atoms with Crippen molar-refractivity contribution in [2.75, 3.05) is 11.9 Å². The van der Waals surface area contributed by atoms with Crippen LogP contribution in [-0.4, -0.2) is 28.8 Å². The van der Waals surface area contributed by atoms with Gasteiger partial charge in [-0.3, -0.25) is 0 Å². The Labute approximate surface area is 153 Å². The van der Waals surface area contributed by atoms with Crippen molar-refractivity contribution in [2.45, 2.75) is 19.4 Å². The fourth-order valence-electron chi connectivity index (χ4n) is 2.64. The molecule has 1 unspecified atom stereocenters. The molecule has 0 fully saturated rings. The zero-order valence-corrected chi connectivity index (χ0v) is 14.6. The van der Waals surface area contributed by atoms with Crippen LogP contribution in [0.3, 0.4) is 0 Å². The van der Waals surface area contributed by atoms with E-state index in [1.54, 1.807) is 6.92 Å². The molecule has 3 aromatic rings. The van der Waals surface area contributed by atoms with Gasteiger partial charge in [-0.25, -0.2) is 4.79 Å². The Morgan fingerprint density at radius 1 is 0.962 bits per heavy atom. The van der Waals surface area contributed by atoms with Crippen LogP contribution in [0.4, 0.5) is 5.82 Å². The standard InChI is InChI=1S/C21H21N3O2/c1-2-26-21(25)19(15-16-9-5-3-6-10-16)22-20-14-13-18(23-24-20)17-11-7-4-8-12-17/h3-14,19H,2,15H2,1H3,(H,22,24). The van der Waals surface area contributed by atoms with E-state index in [9.17, 15) is 4.79 Å². The third-order valence-electron chi connectivity index (χ3n) is 3.91. The SMILES string of the molecule is CCOC(=O)C(Cc1ccccc1)Nc1ccc(-c2ccccc2)nn1. The number of hydrogen-bond donors (Lipinski definition) is 1. The Hall–Kier alpha value is -3.21. The second kappa shape index (κ2) is 8.76. The highest BCUT2D eigenvalue weighted by atomic mass is 16.5. The van der Waals surface area contributed by atoms with Gasteiger partial charge in [-0.05, 0) is 24.6 Å². The van der Waals surface area contributed by atoms with Gasteiger partial charge in [-0.1, -0.05) is 60.7 Å². The minimum absolute atomic E-state index is 0.301. The highest BCUT2D eigenvalue weighted by Gasteiger charge is 2.21. The number of esters is 1. The lowest BCUT2D eigenvalue weighted by Crippen LogP contribution is -2.34. The molecule has 0 saturated heterocycles. The smallest absolute Gasteiger partial charge is 0.328 e. The van der Waals surface area contributed by atoms with E-state index in [0.29, 0.717) is 18.8 Å². The maximum absolute atomic E-state index is 12.3. The number of rotatable bonds is 7. The first-order chi connectivity index (χ1) is 12.8. The van der Waals surface area contributed by atoms with E-state index in [1.165, 1.54) is 0 Å². The van der Waals surface area contributed by atoms with Gasteiger partial charge in [-0.15, -0.1) is 10.2 Å². The molecule has 0 saturated carbocycles. The molecule has 1 aromatic heterocycles. The Morgan fingerprint density at radius 2 is 1.65 bits per heavy atom. The summed E-state index contributed by atoms with van der Waals surface area (Å²) in [4.78, 5) is 12.3. The lowest BCUT2D eigenvalue weighted by atomic mass is 10.1. The van der Waals surface area contributed by atoms with Crippen molar-refractivity contribution in [3.8, 4) is 11.3 Å². The normalized spacial score (nSPS) is 11.6.